The molecule has 0 heterocycles. The Hall–Kier alpha value is -1.00. The second kappa shape index (κ2) is 4.89. The molecule has 0 amide bonds. The summed E-state index contributed by atoms with van der Waals surface area (Å²) in [5.41, 5.74) is 11.5. The topological polar surface area (TPSA) is 52.0 Å². The molecule has 0 bridgehead atoms. The smallest absolute Gasteiger partial charge is 0.130 e. The number of hydrogen-bond donors (Lipinski definition) is 2. The lowest BCUT2D eigenvalue weighted by Crippen LogP contribution is -2.32. The first-order valence-electron chi connectivity index (χ1n) is 5.29. The molecule has 1 rings (SSSR count). The average Bonchev–Trinajstić information content (AvgIpc) is 2.16. The molecule has 0 radical (unpaired) electrons. The van der Waals surface area contributed by atoms with Gasteiger partial charge in [-0.25, -0.2) is 8.78 Å². The van der Waals surface area contributed by atoms with E-state index in [4.69, 9.17) is 11.5 Å². The van der Waals surface area contributed by atoms with Crippen molar-refractivity contribution in [2.45, 2.75) is 26.3 Å². The zero-order valence-electron chi connectivity index (χ0n) is 9.63. The van der Waals surface area contributed by atoms with E-state index in [0.29, 0.717) is 18.5 Å². The first-order valence-corrected chi connectivity index (χ1v) is 5.29. The minimum Gasteiger partial charge on any atom is -0.330 e. The minimum atomic E-state index is -0.599. The maximum Gasteiger partial charge on any atom is 0.130 e. The number of halogens is 2. The number of rotatable bonds is 4. The molecule has 1 aromatic rings. The zero-order valence-corrected chi connectivity index (χ0v) is 9.63. The Morgan fingerprint density at radius 2 is 1.94 bits per heavy atom. The molecule has 0 aliphatic heterocycles. The third-order valence-corrected chi connectivity index (χ3v) is 2.93. The van der Waals surface area contributed by atoms with E-state index < -0.39 is 17.7 Å². The normalized spacial score (nSPS) is 13.9. The van der Waals surface area contributed by atoms with Crippen LogP contribution >= 0.6 is 0 Å². The lowest BCUT2D eigenvalue weighted by atomic mass is 9.78. The fraction of sp³-hybridized carbons (Fsp3) is 0.500. The van der Waals surface area contributed by atoms with Crippen molar-refractivity contribution in [1.82, 2.24) is 0 Å². The van der Waals surface area contributed by atoms with E-state index in [2.05, 4.69) is 0 Å². The van der Waals surface area contributed by atoms with Gasteiger partial charge in [0, 0.05) is 17.7 Å². The van der Waals surface area contributed by atoms with Crippen molar-refractivity contribution in [2.24, 2.45) is 16.9 Å². The SMILES string of the molecule is CC(C)(CCN)C(N)c1ccc(F)cc1F. The number of nitrogens with two attached hydrogens (primary N) is 2. The molecule has 4 heteroatoms. The molecule has 0 saturated heterocycles. The average molecular weight is 228 g/mol. The minimum absolute atomic E-state index is 0.312. The summed E-state index contributed by atoms with van der Waals surface area (Å²) in [6, 6.07) is 2.98. The van der Waals surface area contributed by atoms with Crippen LogP contribution in [-0.2, 0) is 0 Å². The molecule has 0 spiro atoms. The van der Waals surface area contributed by atoms with Gasteiger partial charge in [0.2, 0.25) is 0 Å². The molecule has 0 saturated carbocycles. The van der Waals surface area contributed by atoms with E-state index in [0.717, 1.165) is 6.07 Å². The predicted octanol–water partition coefficient (Wildman–Crippen LogP) is 2.34. The van der Waals surface area contributed by atoms with Gasteiger partial charge in [-0.1, -0.05) is 19.9 Å². The molecule has 90 valence electrons. The van der Waals surface area contributed by atoms with Crippen LogP contribution in [0.4, 0.5) is 8.78 Å². The summed E-state index contributed by atoms with van der Waals surface area (Å²) in [6.07, 6.45) is 0.685. The summed E-state index contributed by atoms with van der Waals surface area (Å²) >= 11 is 0. The highest BCUT2D eigenvalue weighted by Gasteiger charge is 2.28. The zero-order chi connectivity index (χ0) is 12.3. The Morgan fingerprint density at radius 3 is 2.44 bits per heavy atom. The third-order valence-electron chi connectivity index (χ3n) is 2.93. The highest BCUT2D eigenvalue weighted by Crippen LogP contribution is 2.35. The van der Waals surface area contributed by atoms with Crippen LogP contribution in [0.25, 0.3) is 0 Å². The Kier molecular flexibility index (Phi) is 3.99. The highest BCUT2D eigenvalue weighted by atomic mass is 19.1. The molecule has 0 aliphatic rings. The summed E-state index contributed by atoms with van der Waals surface area (Å²) in [5, 5.41) is 0. The van der Waals surface area contributed by atoms with Crippen LogP contribution in [0.2, 0.25) is 0 Å². The van der Waals surface area contributed by atoms with Crippen LogP contribution in [0.15, 0.2) is 18.2 Å². The standard InChI is InChI=1S/C12H18F2N2/c1-12(2,5-6-15)11(16)9-4-3-8(13)7-10(9)14/h3-4,7,11H,5-6,15-16H2,1-2H3. The van der Waals surface area contributed by atoms with Crippen molar-refractivity contribution in [3.8, 4) is 0 Å². The van der Waals surface area contributed by atoms with Crippen molar-refractivity contribution in [3.05, 3.63) is 35.4 Å². The maximum atomic E-state index is 13.5. The van der Waals surface area contributed by atoms with Gasteiger partial charge in [0.25, 0.3) is 0 Å². The van der Waals surface area contributed by atoms with Crippen LogP contribution in [0.5, 0.6) is 0 Å². The molecule has 4 N–H and O–H groups in total. The van der Waals surface area contributed by atoms with Crippen molar-refractivity contribution < 1.29 is 8.78 Å². The Morgan fingerprint density at radius 1 is 1.31 bits per heavy atom. The molecule has 16 heavy (non-hydrogen) atoms. The van der Waals surface area contributed by atoms with Gasteiger partial charge < -0.3 is 11.5 Å². The molecule has 1 aromatic carbocycles. The van der Waals surface area contributed by atoms with Crippen LogP contribution in [-0.4, -0.2) is 6.54 Å². The van der Waals surface area contributed by atoms with Gasteiger partial charge in [-0.3, -0.25) is 0 Å². The maximum absolute atomic E-state index is 13.5. The van der Waals surface area contributed by atoms with Crippen molar-refractivity contribution in [1.29, 1.82) is 0 Å². The Bertz CT molecular complexity index is 364. The summed E-state index contributed by atoms with van der Waals surface area (Å²) in [6.45, 7) is 4.34. The van der Waals surface area contributed by atoms with Gasteiger partial charge >= 0.3 is 0 Å². The molecule has 2 nitrogen and oxygen atoms in total. The van der Waals surface area contributed by atoms with Crippen molar-refractivity contribution in [3.63, 3.8) is 0 Å². The molecule has 0 aliphatic carbocycles. The van der Waals surface area contributed by atoms with E-state index in [9.17, 15) is 8.78 Å². The van der Waals surface area contributed by atoms with Crippen LogP contribution in [0, 0.1) is 17.0 Å². The third kappa shape index (κ3) is 2.77. The van der Waals surface area contributed by atoms with E-state index in [-0.39, 0.29) is 5.41 Å². The molecular formula is C12H18F2N2. The van der Waals surface area contributed by atoms with Crippen LogP contribution in [0.1, 0.15) is 31.9 Å². The first kappa shape index (κ1) is 13.1. The monoisotopic (exact) mass is 228 g/mol. The largest absolute Gasteiger partial charge is 0.330 e. The molecular weight excluding hydrogens is 210 g/mol. The van der Waals surface area contributed by atoms with E-state index in [1.807, 2.05) is 13.8 Å². The fourth-order valence-electron chi connectivity index (χ4n) is 1.70. The highest BCUT2D eigenvalue weighted by molar-refractivity contribution is 5.23. The van der Waals surface area contributed by atoms with E-state index in [1.165, 1.54) is 12.1 Å². The van der Waals surface area contributed by atoms with Gasteiger partial charge in [0.05, 0.1) is 0 Å². The quantitative estimate of drug-likeness (QED) is 0.831. The summed E-state index contributed by atoms with van der Waals surface area (Å²) in [5.74, 6) is -1.19. The van der Waals surface area contributed by atoms with Gasteiger partial charge in [-0.15, -0.1) is 0 Å². The van der Waals surface area contributed by atoms with Gasteiger partial charge in [0.15, 0.2) is 0 Å². The second-order valence-electron chi connectivity index (χ2n) is 4.67. The molecule has 0 fully saturated rings. The second-order valence-corrected chi connectivity index (χ2v) is 4.67. The van der Waals surface area contributed by atoms with E-state index >= 15 is 0 Å². The van der Waals surface area contributed by atoms with Crippen LogP contribution < -0.4 is 11.5 Å². The Labute approximate surface area is 94.6 Å². The van der Waals surface area contributed by atoms with Crippen LogP contribution in [0.3, 0.4) is 0 Å². The van der Waals surface area contributed by atoms with Gasteiger partial charge in [0.1, 0.15) is 11.6 Å². The summed E-state index contributed by atoms with van der Waals surface area (Å²) in [4.78, 5) is 0. The summed E-state index contributed by atoms with van der Waals surface area (Å²) < 4.78 is 26.3. The predicted molar refractivity (Wildman–Crippen MR) is 60.7 cm³/mol. The van der Waals surface area contributed by atoms with Crippen molar-refractivity contribution in [2.75, 3.05) is 6.54 Å². The molecule has 1 atom stereocenters. The lowest BCUT2D eigenvalue weighted by molar-refractivity contribution is 0.265. The molecule has 1 unspecified atom stereocenters. The van der Waals surface area contributed by atoms with Crippen molar-refractivity contribution >= 4 is 0 Å². The fourth-order valence-corrected chi connectivity index (χ4v) is 1.70. The van der Waals surface area contributed by atoms with E-state index in [1.54, 1.807) is 0 Å². The molecule has 0 aromatic heterocycles. The van der Waals surface area contributed by atoms with Gasteiger partial charge in [-0.2, -0.15) is 0 Å². The Balaban J connectivity index is 3.00. The number of benzene rings is 1. The number of hydrogen-bond acceptors (Lipinski definition) is 2. The van der Waals surface area contributed by atoms with Gasteiger partial charge in [-0.05, 0) is 24.4 Å². The summed E-state index contributed by atoms with van der Waals surface area (Å²) in [7, 11) is 0. The first-order chi connectivity index (χ1) is 7.38. The lowest BCUT2D eigenvalue weighted by Gasteiger charge is -2.31.